The minimum Gasteiger partial charge on any atom is -0.384 e. The summed E-state index contributed by atoms with van der Waals surface area (Å²) in [6, 6.07) is 0. The van der Waals surface area contributed by atoms with Crippen LogP contribution in [0.3, 0.4) is 0 Å². The van der Waals surface area contributed by atoms with Gasteiger partial charge in [-0.25, -0.2) is 0 Å². The Morgan fingerprint density at radius 3 is 3.17 bits per heavy atom. The van der Waals surface area contributed by atoms with E-state index in [0.29, 0.717) is 43.7 Å². The number of aliphatic hydroxyl groups is 1. The first kappa shape index (κ1) is 13.8. The van der Waals surface area contributed by atoms with Crippen LogP contribution in [-0.4, -0.2) is 54.5 Å². The van der Waals surface area contributed by atoms with Crippen LogP contribution < -0.4 is 0 Å². The lowest BCUT2D eigenvalue weighted by Gasteiger charge is -2.27. The Balaban J connectivity index is 2.12. The first-order valence-corrected chi connectivity index (χ1v) is 6.19. The molecule has 6 nitrogen and oxygen atoms in total. The van der Waals surface area contributed by atoms with E-state index in [1.54, 1.807) is 11.8 Å². The van der Waals surface area contributed by atoms with E-state index in [0.717, 1.165) is 0 Å². The lowest BCUT2D eigenvalue weighted by atomic mass is 10.1. The maximum atomic E-state index is 10.3. The molecular formula is C11H17ClN2O4. The smallest absolute Gasteiger partial charge is 0.125 e. The van der Waals surface area contributed by atoms with Crippen molar-refractivity contribution < 1.29 is 19.3 Å². The molecule has 1 aromatic rings. The van der Waals surface area contributed by atoms with Crippen molar-refractivity contribution in [1.29, 1.82) is 0 Å². The SMILES string of the molecule is COCCn1ncc(Cl)c1C(O)C1COCCO1. The molecule has 0 amide bonds. The van der Waals surface area contributed by atoms with Crippen molar-refractivity contribution >= 4 is 11.6 Å². The van der Waals surface area contributed by atoms with Gasteiger partial charge in [0.05, 0.1) is 49.9 Å². The van der Waals surface area contributed by atoms with E-state index in [-0.39, 0.29) is 0 Å². The third-order valence-corrected chi connectivity index (χ3v) is 3.11. The van der Waals surface area contributed by atoms with Gasteiger partial charge in [0, 0.05) is 7.11 Å². The molecule has 1 saturated heterocycles. The molecule has 2 heterocycles. The molecule has 1 aliphatic rings. The lowest BCUT2D eigenvalue weighted by Crippen LogP contribution is -2.35. The number of aromatic nitrogens is 2. The van der Waals surface area contributed by atoms with Crippen LogP contribution in [0.5, 0.6) is 0 Å². The van der Waals surface area contributed by atoms with Crippen LogP contribution in [0.2, 0.25) is 5.02 Å². The van der Waals surface area contributed by atoms with E-state index in [2.05, 4.69) is 5.10 Å². The predicted octanol–water partition coefficient (Wildman–Crippen LogP) is 0.632. The number of ether oxygens (including phenoxy) is 3. The summed E-state index contributed by atoms with van der Waals surface area (Å²) in [6.07, 6.45) is 0.255. The van der Waals surface area contributed by atoms with Crippen molar-refractivity contribution in [2.24, 2.45) is 0 Å². The molecule has 0 aliphatic carbocycles. The van der Waals surface area contributed by atoms with Gasteiger partial charge in [-0.05, 0) is 0 Å². The molecule has 18 heavy (non-hydrogen) atoms. The second kappa shape index (κ2) is 6.49. The quantitative estimate of drug-likeness (QED) is 0.855. The van der Waals surface area contributed by atoms with Crippen LogP contribution in [-0.2, 0) is 20.8 Å². The Morgan fingerprint density at radius 2 is 2.50 bits per heavy atom. The van der Waals surface area contributed by atoms with Gasteiger partial charge in [-0.1, -0.05) is 11.6 Å². The van der Waals surface area contributed by atoms with Gasteiger partial charge >= 0.3 is 0 Å². The third kappa shape index (κ3) is 3.02. The molecule has 102 valence electrons. The molecule has 0 radical (unpaired) electrons. The van der Waals surface area contributed by atoms with Gasteiger partial charge in [-0.2, -0.15) is 5.10 Å². The fraction of sp³-hybridized carbons (Fsp3) is 0.727. The van der Waals surface area contributed by atoms with Crippen molar-refractivity contribution in [1.82, 2.24) is 9.78 Å². The second-order valence-corrected chi connectivity index (χ2v) is 4.43. The lowest BCUT2D eigenvalue weighted by molar-refractivity contribution is -0.135. The summed E-state index contributed by atoms with van der Waals surface area (Å²) >= 11 is 6.06. The molecule has 1 aromatic heterocycles. The van der Waals surface area contributed by atoms with Gasteiger partial charge in [-0.3, -0.25) is 4.68 Å². The van der Waals surface area contributed by atoms with Crippen LogP contribution in [0, 0.1) is 0 Å². The summed E-state index contributed by atoms with van der Waals surface area (Å²) in [7, 11) is 1.61. The van der Waals surface area contributed by atoms with E-state index in [1.165, 1.54) is 6.20 Å². The number of rotatable bonds is 5. The highest BCUT2D eigenvalue weighted by Crippen LogP contribution is 2.27. The van der Waals surface area contributed by atoms with Gasteiger partial charge < -0.3 is 19.3 Å². The molecule has 0 saturated carbocycles. The largest absolute Gasteiger partial charge is 0.384 e. The fourth-order valence-electron chi connectivity index (χ4n) is 1.89. The average molecular weight is 277 g/mol. The Bertz CT molecular complexity index is 379. The van der Waals surface area contributed by atoms with E-state index in [9.17, 15) is 5.11 Å². The average Bonchev–Trinajstić information content (AvgIpc) is 2.77. The Morgan fingerprint density at radius 1 is 1.67 bits per heavy atom. The molecule has 1 fully saturated rings. The number of hydrogen-bond acceptors (Lipinski definition) is 5. The molecule has 0 spiro atoms. The van der Waals surface area contributed by atoms with Crippen LogP contribution in [0.1, 0.15) is 11.8 Å². The topological polar surface area (TPSA) is 65.7 Å². The Hall–Kier alpha value is -0.660. The van der Waals surface area contributed by atoms with Crippen molar-refractivity contribution in [3.8, 4) is 0 Å². The van der Waals surface area contributed by atoms with E-state index >= 15 is 0 Å². The van der Waals surface area contributed by atoms with Gasteiger partial charge in [0.1, 0.15) is 12.2 Å². The molecule has 0 bridgehead atoms. The van der Waals surface area contributed by atoms with Crippen molar-refractivity contribution in [2.75, 3.05) is 33.5 Å². The zero-order chi connectivity index (χ0) is 13.0. The van der Waals surface area contributed by atoms with Crippen LogP contribution in [0.25, 0.3) is 0 Å². The number of halogens is 1. The van der Waals surface area contributed by atoms with Crippen LogP contribution >= 0.6 is 11.6 Å². The molecule has 2 atom stereocenters. The van der Waals surface area contributed by atoms with E-state index in [4.69, 9.17) is 25.8 Å². The highest BCUT2D eigenvalue weighted by Gasteiger charge is 2.29. The van der Waals surface area contributed by atoms with Crippen molar-refractivity contribution in [2.45, 2.75) is 18.8 Å². The molecule has 7 heteroatoms. The van der Waals surface area contributed by atoms with Crippen LogP contribution in [0.15, 0.2) is 6.20 Å². The number of methoxy groups -OCH3 is 1. The minimum absolute atomic E-state index is 0.354. The van der Waals surface area contributed by atoms with Gasteiger partial charge in [0.2, 0.25) is 0 Å². The number of hydrogen-bond donors (Lipinski definition) is 1. The Labute approximate surface area is 110 Å². The Kier molecular flexibility index (Phi) is 4.96. The van der Waals surface area contributed by atoms with Crippen molar-refractivity contribution in [3.05, 3.63) is 16.9 Å². The maximum Gasteiger partial charge on any atom is 0.125 e. The fourth-order valence-corrected chi connectivity index (χ4v) is 2.14. The maximum absolute atomic E-state index is 10.3. The van der Waals surface area contributed by atoms with Crippen molar-refractivity contribution in [3.63, 3.8) is 0 Å². The van der Waals surface area contributed by atoms with Gasteiger partial charge in [0.15, 0.2) is 0 Å². The highest BCUT2D eigenvalue weighted by atomic mass is 35.5. The predicted molar refractivity (Wildman–Crippen MR) is 64.6 cm³/mol. The standard InChI is InChI=1S/C11H17ClN2O4/c1-16-3-2-14-10(8(12)6-13-14)11(15)9-7-17-4-5-18-9/h6,9,11,15H,2-5,7H2,1H3. The van der Waals surface area contributed by atoms with Gasteiger partial charge in [0.25, 0.3) is 0 Å². The summed E-state index contributed by atoms with van der Waals surface area (Å²) in [6.45, 7) is 2.42. The first-order chi connectivity index (χ1) is 8.74. The molecule has 2 rings (SSSR count). The summed E-state index contributed by atoms with van der Waals surface area (Å²) < 4.78 is 17.4. The first-order valence-electron chi connectivity index (χ1n) is 5.81. The van der Waals surface area contributed by atoms with Gasteiger partial charge in [-0.15, -0.1) is 0 Å². The zero-order valence-corrected chi connectivity index (χ0v) is 11.0. The summed E-state index contributed by atoms with van der Waals surface area (Å²) in [5, 5.41) is 14.8. The normalized spacial score (nSPS) is 22.1. The molecule has 1 N–H and O–H groups in total. The molecule has 0 aromatic carbocycles. The van der Waals surface area contributed by atoms with E-state index in [1.807, 2.05) is 0 Å². The van der Waals surface area contributed by atoms with Crippen LogP contribution in [0.4, 0.5) is 0 Å². The van der Waals surface area contributed by atoms with E-state index < -0.39 is 12.2 Å². The number of nitrogens with zero attached hydrogens (tertiary/aromatic N) is 2. The summed E-state index contributed by atoms with van der Waals surface area (Å²) in [5.41, 5.74) is 0.546. The summed E-state index contributed by atoms with van der Waals surface area (Å²) in [5.74, 6) is 0. The second-order valence-electron chi connectivity index (χ2n) is 4.02. The number of aliphatic hydroxyl groups excluding tert-OH is 1. The third-order valence-electron chi connectivity index (χ3n) is 2.81. The molecular weight excluding hydrogens is 260 g/mol. The zero-order valence-electron chi connectivity index (χ0n) is 10.2. The minimum atomic E-state index is -0.850. The highest BCUT2D eigenvalue weighted by molar-refractivity contribution is 6.31. The molecule has 1 aliphatic heterocycles. The molecule has 2 unspecified atom stereocenters. The summed E-state index contributed by atoms with van der Waals surface area (Å²) in [4.78, 5) is 0. The monoisotopic (exact) mass is 276 g/mol.